The van der Waals surface area contributed by atoms with E-state index in [1.54, 1.807) is 20.8 Å². The predicted molar refractivity (Wildman–Crippen MR) is 74.3 cm³/mol. The quantitative estimate of drug-likeness (QED) is 0.852. The lowest BCUT2D eigenvalue weighted by molar-refractivity contribution is -0.156. The van der Waals surface area contributed by atoms with Gasteiger partial charge in [0.25, 0.3) is 0 Å². The summed E-state index contributed by atoms with van der Waals surface area (Å²) in [7, 11) is 0. The van der Waals surface area contributed by atoms with Crippen molar-refractivity contribution in [3.05, 3.63) is 35.4 Å². The number of thioether (sulfide) groups is 1. The molecule has 6 heteroatoms. The molecule has 1 fully saturated rings. The van der Waals surface area contributed by atoms with Crippen molar-refractivity contribution in [2.24, 2.45) is 0 Å². The molecule has 1 heterocycles. The van der Waals surface area contributed by atoms with E-state index in [4.69, 9.17) is 4.74 Å². The van der Waals surface area contributed by atoms with Gasteiger partial charge < -0.3 is 4.74 Å². The van der Waals surface area contributed by atoms with Gasteiger partial charge in [0.05, 0.1) is 5.37 Å². The first-order valence-corrected chi connectivity index (χ1v) is 7.37. The zero-order valence-electron chi connectivity index (χ0n) is 11.6. The molecule has 3 nitrogen and oxygen atoms in total. The predicted octanol–water partition coefficient (Wildman–Crippen LogP) is 3.01. The Bertz CT molecular complexity index is 516. The second-order valence-corrected chi connectivity index (χ2v) is 6.75. The maximum absolute atomic E-state index is 13.7. The third kappa shape index (κ3) is 3.49. The van der Waals surface area contributed by atoms with Crippen molar-refractivity contribution in [3.8, 4) is 0 Å². The molecule has 2 atom stereocenters. The summed E-state index contributed by atoms with van der Waals surface area (Å²) in [5, 5.41) is 2.54. The summed E-state index contributed by atoms with van der Waals surface area (Å²) in [6.07, 6.45) is 0. The molecule has 110 valence electrons. The standard InChI is InChI=1S/C14H17F2NO2S/c1-14(2,3)19-13(18)10-7-20-12(17-10)8-5-4-6-9(15)11(8)16/h4-6,10,12,17H,7H2,1-3H3/t10-,12?/m0/s1. The fraction of sp³-hybridized carbons (Fsp3) is 0.500. The Labute approximate surface area is 121 Å². The number of carbonyl (C=O) groups excluding carboxylic acids is 1. The van der Waals surface area contributed by atoms with E-state index in [2.05, 4.69) is 5.32 Å². The average molecular weight is 301 g/mol. The number of halogens is 2. The molecule has 1 aliphatic heterocycles. The second-order valence-electron chi connectivity index (χ2n) is 5.61. The van der Waals surface area contributed by atoms with Crippen molar-refractivity contribution in [1.82, 2.24) is 5.32 Å². The first kappa shape index (κ1) is 15.3. The molecular formula is C14H17F2NO2S. The Morgan fingerprint density at radius 3 is 2.75 bits per heavy atom. The highest BCUT2D eigenvalue weighted by Gasteiger charge is 2.34. The minimum absolute atomic E-state index is 0.223. The highest BCUT2D eigenvalue weighted by Crippen LogP contribution is 2.35. The Balaban J connectivity index is 2.06. The number of benzene rings is 1. The van der Waals surface area contributed by atoms with Crippen LogP contribution in [0.4, 0.5) is 8.78 Å². The zero-order chi connectivity index (χ0) is 14.9. The molecule has 0 amide bonds. The number of carbonyl (C=O) groups is 1. The highest BCUT2D eigenvalue weighted by molar-refractivity contribution is 7.99. The van der Waals surface area contributed by atoms with Crippen LogP contribution in [0.15, 0.2) is 18.2 Å². The van der Waals surface area contributed by atoms with Crippen molar-refractivity contribution in [1.29, 1.82) is 0 Å². The van der Waals surface area contributed by atoms with Gasteiger partial charge in [0.1, 0.15) is 11.6 Å². The maximum Gasteiger partial charge on any atom is 0.324 e. The lowest BCUT2D eigenvalue weighted by Gasteiger charge is -2.22. The van der Waals surface area contributed by atoms with Gasteiger partial charge in [-0.2, -0.15) is 0 Å². The molecule has 0 bridgehead atoms. The number of rotatable bonds is 2. The number of nitrogens with one attached hydrogen (secondary N) is 1. The number of hydrogen-bond donors (Lipinski definition) is 1. The van der Waals surface area contributed by atoms with Gasteiger partial charge in [0, 0.05) is 11.3 Å². The minimum atomic E-state index is -0.884. The monoisotopic (exact) mass is 301 g/mol. The first-order valence-electron chi connectivity index (χ1n) is 6.32. The molecule has 0 saturated carbocycles. The van der Waals surface area contributed by atoms with Crippen LogP contribution in [0.2, 0.25) is 0 Å². The van der Waals surface area contributed by atoms with Crippen LogP contribution in [0.25, 0.3) is 0 Å². The normalized spacial score (nSPS) is 22.9. The van der Waals surface area contributed by atoms with Crippen molar-refractivity contribution >= 4 is 17.7 Å². The summed E-state index contributed by atoms with van der Waals surface area (Å²) in [6.45, 7) is 5.37. The molecule has 1 aromatic carbocycles. The molecule has 20 heavy (non-hydrogen) atoms. The number of ether oxygens (including phenoxy) is 1. The van der Waals surface area contributed by atoms with Crippen molar-refractivity contribution in [2.45, 2.75) is 37.8 Å². The summed E-state index contributed by atoms with van der Waals surface area (Å²) in [5.41, 5.74) is -0.341. The molecule has 0 spiro atoms. The van der Waals surface area contributed by atoms with Crippen LogP contribution in [0, 0.1) is 11.6 Å². The lowest BCUT2D eigenvalue weighted by atomic mass is 10.1. The van der Waals surface area contributed by atoms with E-state index in [0.29, 0.717) is 5.75 Å². The van der Waals surface area contributed by atoms with E-state index in [0.717, 1.165) is 6.07 Å². The fourth-order valence-corrected chi connectivity index (χ4v) is 3.12. The summed E-state index contributed by atoms with van der Waals surface area (Å²) in [5.74, 6) is -1.66. The molecule has 0 aromatic heterocycles. The van der Waals surface area contributed by atoms with Crippen molar-refractivity contribution < 1.29 is 18.3 Å². The lowest BCUT2D eigenvalue weighted by Crippen LogP contribution is -2.39. The SMILES string of the molecule is CC(C)(C)OC(=O)[C@@H]1CSC(c2cccc(F)c2F)N1. The van der Waals surface area contributed by atoms with Crippen LogP contribution in [0.3, 0.4) is 0 Å². The van der Waals surface area contributed by atoms with E-state index in [-0.39, 0.29) is 11.5 Å². The minimum Gasteiger partial charge on any atom is -0.459 e. The van der Waals surface area contributed by atoms with Gasteiger partial charge in [-0.3, -0.25) is 10.1 Å². The van der Waals surface area contributed by atoms with Gasteiger partial charge in [-0.25, -0.2) is 8.78 Å². The van der Waals surface area contributed by atoms with E-state index in [1.807, 2.05) is 0 Å². The van der Waals surface area contributed by atoms with Gasteiger partial charge in [-0.1, -0.05) is 12.1 Å². The number of hydrogen-bond acceptors (Lipinski definition) is 4. The Morgan fingerprint density at radius 1 is 1.40 bits per heavy atom. The molecule has 1 aliphatic rings. The van der Waals surface area contributed by atoms with Crippen LogP contribution in [-0.4, -0.2) is 23.4 Å². The fourth-order valence-electron chi connectivity index (χ4n) is 1.88. The van der Waals surface area contributed by atoms with Crippen molar-refractivity contribution in [2.75, 3.05) is 5.75 Å². The molecule has 1 unspecified atom stereocenters. The summed E-state index contributed by atoms with van der Waals surface area (Å²) in [6, 6.07) is 3.54. The smallest absolute Gasteiger partial charge is 0.324 e. The van der Waals surface area contributed by atoms with Gasteiger partial charge >= 0.3 is 5.97 Å². The molecule has 0 radical (unpaired) electrons. The molecule has 2 rings (SSSR count). The van der Waals surface area contributed by atoms with Gasteiger partial charge in [-0.15, -0.1) is 11.8 Å². The molecule has 0 aliphatic carbocycles. The van der Waals surface area contributed by atoms with E-state index >= 15 is 0 Å². The summed E-state index contributed by atoms with van der Waals surface area (Å²) in [4.78, 5) is 11.9. The third-order valence-corrected chi connectivity index (χ3v) is 3.99. The first-order chi connectivity index (χ1) is 9.28. The van der Waals surface area contributed by atoms with E-state index < -0.39 is 28.7 Å². The largest absolute Gasteiger partial charge is 0.459 e. The maximum atomic E-state index is 13.7. The van der Waals surface area contributed by atoms with Crippen LogP contribution in [0.5, 0.6) is 0 Å². The Kier molecular flexibility index (Phi) is 4.34. The van der Waals surface area contributed by atoms with E-state index in [9.17, 15) is 13.6 Å². The second kappa shape index (κ2) is 5.69. The molecule has 1 saturated heterocycles. The molecule has 1 aromatic rings. The Hall–Kier alpha value is -1.14. The van der Waals surface area contributed by atoms with Gasteiger partial charge in [0.15, 0.2) is 11.6 Å². The zero-order valence-corrected chi connectivity index (χ0v) is 12.4. The summed E-state index contributed by atoms with van der Waals surface area (Å²) >= 11 is 1.36. The third-order valence-electron chi connectivity index (χ3n) is 2.74. The van der Waals surface area contributed by atoms with Gasteiger partial charge in [-0.05, 0) is 26.8 Å². The van der Waals surface area contributed by atoms with Crippen LogP contribution < -0.4 is 5.32 Å². The van der Waals surface area contributed by atoms with Crippen LogP contribution >= 0.6 is 11.8 Å². The molecule has 1 N–H and O–H groups in total. The molecular weight excluding hydrogens is 284 g/mol. The van der Waals surface area contributed by atoms with Crippen LogP contribution in [-0.2, 0) is 9.53 Å². The Morgan fingerprint density at radius 2 is 2.10 bits per heavy atom. The number of esters is 1. The highest BCUT2D eigenvalue weighted by atomic mass is 32.2. The summed E-state index contributed by atoms with van der Waals surface area (Å²) < 4.78 is 32.2. The van der Waals surface area contributed by atoms with E-state index in [1.165, 1.54) is 23.9 Å². The van der Waals surface area contributed by atoms with Gasteiger partial charge in [0.2, 0.25) is 0 Å². The topological polar surface area (TPSA) is 38.3 Å². The average Bonchev–Trinajstić information content (AvgIpc) is 2.80. The van der Waals surface area contributed by atoms with Crippen molar-refractivity contribution in [3.63, 3.8) is 0 Å². The van der Waals surface area contributed by atoms with Crippen LogP contribution in [0.1, 0.15) is 31.7 Å².